The third-order valence-corrected chi connectivity index (χ3v) is 4.53. The molecule has 1 aliphatic heterocycles. The Kier molecular flexibility index (Phi) is 4.39. The Morgan fingerprint density at radius 2 is 2.27 bits per heavy atom. The van der Waals surface area contributed by atoms with Gasteiger partial charge in [-0.3, -0.25) is 14.5 Å². The summed E-state index contributed by atoms with van der Waals surface area (Å²) in [4.78, 5) is 23.0. The molecule has 0 N–H and O–H groups in total. The third kappa shape index (κ3) is 3.17. The van der Waals surface area contributed by atoms with Gasteiger partial charge in [-0.1, -0.05) is 0 Å². The van der Waals surface area contributed by atoms with E-state index in [2.05, 4.69) is 15.1 Å². The van der Waals surface area contributed by atoms with E-state index in [0.29, 0.717) is 24.8 Å². The molecule has 1 amide bonds. The standard InChI is InChI=1S/C18H19N5O3/c1-13-4-9-25-17(13)18(24)22-11-14-2-5-21-23(14)8-3-15(22)12-26-16-10-19-6-7-20-16/h2,4-7,9-10,15H,3,8,11-12H2,1H3/t15-/m1/s1. The summed E-state index contributed by atoms with van der Waals surface area (Å²) in [6, 6.07) is 3.59. The van der Waals surface area contributed by atoms with Crippen molar-refractivity contribution in [2.45, 2.75) is 32.5 Å². The van der Waals surface area contributed by atoms with Gasteiger partial charge in [0, 0.05) is 30.7 Å². The van der Waals surface area contributed by atoms with Crippen molar-refractivity contribution in [3.05, 3.63) is 60.2 Å². The molecule has 0 unspecified atom stereocenters. The lowest BCUT2D eigenvalue weighted by atomic mass is 10.1. The Morgan fingerprint density at radius 3 is 3.04 bits per heavy atom. The van der Waals surface area contributed by atoms with Gasteiger partial charge in [-0.05, 0) is 25.5 Å². The van der Waals surface area contributed by atoms with Crippen molar-refractivity contribution in [3.8, 4) is 5.88 Å². The van der Waals surface area contributed by atoms with Crippen LogP contribution in [0.2, 0.25) is 0 Å². The van der Waals surface area contributed by atoms with Crippen LogP contribution in [-0.4, -0.2) is 43.2 Å². The molecule has 134 valence electrons. The fourth-order valence-electron chi connectivity index (χ4n) is 3.10. The highest BCUT2D eigenvalue weighted by atomic mass is 16.5. The SMILES string of the molecule is Cc1ccoc1C(=O)N1Cc2ccnn2CC[C@@H]1COc1cnccn1. The smallest absolute Gasteiger partial charge is 0.290 e. The molecule has 4 rings (SSSR count). The lowest BCUT2D eigenvalue weighted by molar-refractivity contribution is 0.0552. The van der Waals surface area contributed by atoms with Crippen LogP contribution >= 0.6 is 0 Å². The van der Waals surface area contributed by atoms with Crippen LogP contribution in [0.25, 0.3) is 0 Å². The second-order valence-corrected chi connectivity index (χ2v) is 6.21. The lowest BCUT2D eigenvalue weighted by Crippen LogP contribution is -2.42. The van der Waals surface area contributed by atoms with Crippen molar-refractivity contribution in [1.82, 2.24) is 24.6 Å². The third-order valence-electron chi connectivity index (χ3n) is 4.53. The Labute approximate surface area is 150 Å². The quantitative estimate of drug-likeness (QED) is 0.714. The Balaban J connectivity index is 1.58. The van der Waals surface area contributed by atoms with Crippen molar-refractivity contribution in [1.29, 1.82) is 0 Å². The number of furan rings is 1. The number of nitrogens with zero attached hydrogens (tertiary/aromatic N) is 5. The number of amides is 1. The Bertz CT molecular complexity index is 889. The number of rotatable bonds is 4. The van der Waals surface area contributed by atoms with Gasteiger partial charge in [0.15, 0.2) is 5.76 Å². The largest absolute Gasteiger partial charge is 0.474 e. The van der Waals surface area contributed by atoms with Crippen LogP contribution in [0.1, 0.15) is 28.2 Å². The maximum absolute atomic E-state index is 13.1. The van der Waals surface area contributed by atoms with Crippen molar-refractivity contribution in [3.63, 3.8) is 0 Å². The molecule has 0 spiro atoms. The fourth-order valence-corrected chi connectivity index (χ4v) is 3.10. The maximum Gasteiger partial charge on any atom is 0.290 e. The van der Waals surface area contributed by atoms with Crippen LogP contribution in [0.15, 0.2) is 47.6 Å². The topological polar surface area (TPSA) is 86.3 Å². The fraction of sp³-hybridized carbons (Fsp3) is 0.333. The second-order valence-electron chi connectivity index (χ2n) is 6.21. The molecule has 0 aromatic carbocycles. The highest BCUT2D eigenvalue weighted by molar-refractivity contribution is 5.93. The highest BCUT2D eigenvalue weighted by Gasteiger charge is 2.31. The molecule has 0 radical (unpaired) electrons. The van der Waals surface area contributed by atoms with E-state index >= 15 is 0 Å². The summed E-state index contributed by atoms with van der Waals surface area (Å²) in [6.07, 6.45) is 8.74. The first-order valence-electron chi connectivity index (χ1n) is 8.47. The molecule has 8 heteroatoms. The molecule has 26 heavy (non-hydrogen) atoms. The molecule has 3 aromatic rings. The first kappa shape index (κ1) is 16.3. The molecule has 1 aliphatic rings. The summed E-state index contributed by atoms with van der Waals surface area (Å²) in [6.45, 7) is 3.37. The second kappa shape index (κ2) is 6.99. The summed E-state index contributed by atoms with van der Waals surface area (Å²) in [5, 5.41) is 4.34. The number of carbonyl (C=O) groups is 1. The lowest BCUT2D eigenvalue weighted by Gasteiger charge is -2.29. The van der Waals surface area contributed by atoms with Crippen LogP contribution in [0, 0.1) is 6.92 Å². The molecular formula is C18H19N5O3. The maximum atomic E-state index is 13.1. The number of fused-ring (bicyclic) bond motifs is 1. The molecular weight excluding hydrogens is 334 g/mol. The zero-order valence-corrected chi connectivity index (χ0v) is 14.4. The number of ether oxygens (including phenoxy) is 1. The summed E-state index contributed by atoms with van der Waals surface area (Å²) in [5.41, 5.74) is 1.81. The van der Waals surface area contributed by atoms with Gasteiger partial charge in [-0.15, -0.1) is 0 Å². The summed E-state index contributed by atoms with van der Waals surface area (Å²) in [7, 11) is 0. The van der Waals surface area contributed by atoms with E-state index in [-0.39, 0.29) is 11.9 Å². The van der Waals surface area contributed by atoms with Gasteiger partial charge in [0.1, 0.15) is 6.61 Å². The normalized spacial score (nSPS) is 16.8. The van der Waals surface area contributed by atoms with Crippen LogP contribution in [-0.2, 0) is 13.1 Å². The predicted molar refractivity (Wildman–Crippen MR) is 91.5 cm³/mol. The first-order valence-corrected chi connectivity index (χ1v) is 8.47. The summed E-state index contributed by atoms with van der Waals surface area (Å²) >= 11 is 0. The van der Waals surface area contributed by atoms with E-state index in [1.54, 1.807) is 35.8 Å². The van der Waals surface area contributed by atoms with Crippen molar-refractivity contribution >= 4 is 5.91 Å². The van der Waals surface area contributed by atoms with Gasteiger partial charge < -0.3 is 14.1 Å². The van der Waals surface area contributed by atoms with Crippen molar-refractivity contribution < 1.29 is 13.9 Å². The van der Waals surface area contributed by atoms with Gasteiger partial charge in [0.2, 0.25) is 5.88 Å². The highest BCUT2D eigenvalue weighted by Crippen LogP contribution is 2.22. The van der Waals surface area contributed by atoms with Gasteiger partial charge in [-0.2, -0.15) is 5.10 Å². The number of hydrogen-bond acceptors (Lipinski definition) is 6. The number of hydrogen-bond donors (Lipinski definition) is 0. The number of carbonyl (C=O) groups excluding carboxylic acids is 1. The molecule has 0 aliphatic carbocycles. The van der Waals surface area contributed by atoms with E-state index in [9.17, 15) is 4.79 Å². The molecule has 3 aromatic heterocycles. The van der Waals surface area contributed by atoms with Crippen LogP contribution in [0.4, 0.5) is 0 Å². The Morgan fingerprint density at radius 1 is 1.35 bits per heavy atom. The molecule has 0 saturated heterocycles. The average molecular weight is 353 g/mol. The number of aryl methyl sites for hydroxylation is 2. The number of aromatic nitrogens is 4. The zero-order valence-electron chi connectivity index (χ0n) is 14.4. The van der Waals surface area contributed by atoms with Crippen LogP contribution in [0.3, 0.4) is 0 Å². The van der Waals surface area contributed by atoms with Gasteiger partial charge in [-0.25, -0.2) is 4.98 Å². The summed E-state index contributed by atoms with van der Waals surface area (Å²) in [5.74, 6) is 0.661. The summed E-state index contributed by atoms with van der Waals surface area (Å²) < 4.78 is 13.1. The monoisotopic (exact) mass is 353 g/mol. The van der Waals surface area contributed by atoms with E-state index in [1.807, 2.05) is 17.7 Å². The van der Waals surface area contributed by atoms with Gasteiger partial charge in [0.25, 0.3) is 5.91 Å². The average Bonchev–Trinajstić information content (AvgIpc) is 3.25. The molecule has 1 atom stereocenters. The zero-order chi connectivity index (χ0) is 17.9. The van der Waals surface area contributed by atoms with E-state index < -0.39 is 0 Å². The Hall–Kier alpha value is -3.16. The minimum atomic E-state index is -0.144. The van der Waals surface area contributed by atoms with E-state index in [4.69, 9.17) is 9.15 Å². The molecule has 4 heterocycles. The first-order chi connectivity index (χ1) is 12.7. The minimum Gasteiger partial charge on any atom is -0.474 e. The van der Waals surface area contributed by atoms with Crippen molar-refractivity contribution in [2.75, 3.05) is 6.61 Å². The molecule has 0 bridgehead atoms. The van der Waals surface area contributed by atoms with Crippen LogP contribution < -0.4 is 4.74 Å². The molecule has 0 saturated carbocycles. The van der Waals surface area contributed by atoms with Gasteiger partial charge in [0.05, 0.1) is 30.7 Å². The van der Waals surface area contributed by atoms with E-state index in [1.165, 1.54) is 6.26 Å². The molecule has 0 fully saturated rings. The van der Waals surface area contributed by atoms with Crippen molar-refractivity contribution in [2.24, 2.45) is 0 Å². The minimum absolute atomic E-state index is 0.129. The molecule has 8 nitrogen and oxygen atoms in total. The van der Waals surface area contributed by atoms with E-state index in [0.717, 1.165) is 24.2 Å². The predicted octanol–water partition coefficient (Wildman–Crippen LogP) is 2.07. The van der Waals surface area contributed by atoms with Gasteiger partial charge >= 0.3 is 0 Å². The van der Waals surface area contributed by atoms with Crippen LogP contribution in [0.5, 0.6) is 5.88 Å².